The van der Waals surface area contributed by atoms with Crippen LogP contribution in [-0.2, 0) is 17.8 Å². The van der Waals surface area contributed by atoms with E-state index in [0.29, 0.717) is 37.0 Å². The van der Waals surface area contributed by atoms with Crippen LogP contribution in [-0.4, -0.2) is 63.5 Å². The monoisotopic (exact) mass is 359 g/mol. The molecule has 8 nitrogen and oxygen atoms in total. The molecule has 1 saturated heterocycles. The second-order valence-corrected chi connectivity index (χ2v) is 6.21. The summed E-state index contributed by atoms with van der Waals surface area (Å²) in [6.45, 7) is 1.68. The van der Waals surface area contributed by atoms with Crippen molar-refractivity contribution >= 4 is 5.97 Å². The first-order valence-corrected chi connectivity index (χ1v) is 8.26. The molecule has 1 aromatic heterocycles. The SMILES string of the molecule is COc1ncc(CN2C[C@@H](O)[C@H](Oc3ccc(CC(=O)O)cc3)C2)cn1. The highest BCUT2D eigenvalue weighted by atomic mass is 16.5. The third kappa shape index (κ3) is 4.68. The lowest BCUT2D eigenvalue weighted by atomic mass is 10.1. The maximum absolute atomic E-state index is 10.7. The number of nitrogens with zero attached hydrogens (tertiary/aromatic N) is 3. The van der Waals surface area contributed by atoms with Gasteiger partial charge in [-0.3, -0.25) is 9.69 Å². The van der Waals surface area contributed by atoms with Crippen molar-refractivity contribution in [1.29, 1.82) is 0 Å². The fourth-order valence-electron chi connectivity index (χ4n) is 2.90. The van der Waals surface area contributed by atoms with E-state index in [1.54, 1.807) is 36.7 Å². The Labute approximate surface area is 151 Å². The number of benzene rings is 1. The molecule has 0 aliphatic carbocycles. The number of aromatic nitrogens is 2. The second kappa shape index (κ2) is 8.11. The first-order valence-electron chi connectivity index (χ1n) is 8.26. The molecule has 1 aromatic carbocycles. The Kier molecular flexibility index (Phi) is 5.65. The maximum atomic E-state index is 10.7. The van der Waals surface area contributed by atoms with Gasteiger partial charge >= 0.3 is 12.0 Å². The van der Waals surface area contributed by atoms with Crippen molar-refractivity contribution in [3.63, 3.8) is 0 Å². The molecule has 1 aliphatic heterocycles. The largest absolute Gasteiger partial charge is 0.486 e. The number of aliphatic hydroxyl groups excluding tert-OH is 1. The summed E-state index contributed by atoms with van der Waals surface area (Å²) in [7, 11) is 1.52. The van der Waals surface area contributed by atoms with E-state index in [2.05, 4.69) is 14.9 Å². The van der Waals surface area contributed by atoms with Gasteiger partial charge in [0.25, 0.3) is 0 Å². The quantitative estimate of drug-likeness (QED) is 0.746. The minimum absolute atomic E-state index is 0.0238. The van der Waals surface area contributed by atoms with Gasteiger partial charge in [0, 0.05) is 37.6 Å². The number of hydrogen-bond donors (Lipinski definition) is 2. The highest BCUT2D eigenvalue weighted by Gasteiger charge is 2.33. The topological polar surface area (TPSA) is 105 Å². The highest BCUT2D eigenvalue weighted by molar-refractivity contribution is 5.70. The number of methoxy groups -OCH3 is 1. The minimum atomic E-state index is -0.872. The number of hydrogen-bond acceptors (Lipinski definition) is 7. The number of carbonyl (C=O) groups is 1. The molecule has 2 heterocycles. The van der Waals surface area contributed by atoms with Gasteiger partial charge in [-0.2, -0.15) is 0 Å². The fraction of sp³-hybridized carbons (Fsp3) is 0.389. The lowest BCUT2D eigenvalue weighted by Gasteiger charge is -2.17. The van der Waals surface area contributed by atoms with E-state index < -0.39 is 12.1 Å². The summed E-state index contributed by atoms with van der Waals surface area (Å²) < 4.78 is 10.8. The number of carboxylic acids is 1. The zero-order valence-corrected chi connectivity index (χ0v) is 14.4. The molecule has 26 heavy (non-hydrogen) atoms. The molecule has 0 amide bonds. The van der Waals surface area contributed by atoms with Crippen LogP contribution in [0.2, 0.25) is 0 Å². The smallest absolute Gasteiger partial charge is 0.316 e. The zero-order valence-electron chi connectivity index (χ0n) is 14.4. The molecule has 138 valence electrons. The molecule has 1 aliphatic rings. The molecular weight excluding hydrogens is 338 g/mol. The summed E-state index contributed by atoms with van der Waals surface area (Å²) in [4.78, 5) is 20.9. The Morgan fingerprint density at radius 2 is 1.88 bits per heavy atom. The number of likely N-dealkylation sites (tertiary alicyclic amines) is 1. The fourth-order valence-corrected chi connectivity index (χ4v) is 2.90. The van der Waals surface area contributed by atoms with Gasteiger partial charge in [-0.05, 0) is 17.7 Å². The highest BCUT2D eigenvalue weighted by Crippen LogP contribution is 2.21. The Balaban J connectivity index is 1.55. The Morgan fingerprint density at radius 3 is 2.50 bits per heavy atom. The summed E-state index contributed by atoms with van der Waals surface area (Å²) in [5, 5.41) is 19.1. The van der Waals surface area contributed by atoms with Gasteiger partial charge in [0.1, 0.15) is 18.0 Å². The molecule has 0 radical (unpaired) electrons. The van der Waals surface area contributed by atoms with Gasteiger partial charge in [0.2, 0.25) is 0 Å². The van der Waals surface area contributed by atoms with Crippen molar-refractivity contribution in [2.45, 2.75) is 25.2 Å². The number of carboxylic acid groups (broad SMARTS) is 1. The van der Waals surface area contributed by atoms with Crippen molar-refractivity contribution in [3.8, 4) is 11.8 Å². The van der Waals surface area contributed by atoms with E-state index in [1.165, 1.54) is 7.11 Å². The zero-order chi connectivity index (χ0) is 18.5. The molecule has 2 N–H and O–H groups in total. The predicted octanol–water partition coefficient (Wildman–Crippen LogP) is 0.736. The lowest BCUT2D eigenvalue weighted by molar-refractivity contribution is -0.136. The van der Waals surface area contributed by atoms with Crippen molar-refractivity contribution in [3.05, 3.63) is 47.8 Å². The second-order valence-electron chi connectivity index (χ2n) is 6.21. The summed E-state index contributed by atoms with van der Waals surface area (Å²) in [6, 6.07) is 7.22. The van der Waals surface area contributed by atoms with E-state index in [1.807, 2.05) is 0 Å². The van der Waals surface area contributed by atoms with E-state index in [9.17, 15) is 9.90 Å². The number of β-amino-alcohol motifs (C(OH)–C–C–N with tert-alkyl or cyclic N) is 1. The van der Waals surface area contributed by atoms with Crippen molar-refractivity contribution < 1.29 is 24.5 Å². The van der Waals surface area contributed by atoms with E-state index in [0.717, 1.165) is 5.56 Å². The lowest BCUT2D eigenvalue weighted by Crippen LogP contribution is -2.29. The van der Waals surface area contributed by atoms with E-state index in [4.69, 9.17) is 14.6 Å². The van der Waals surface area contributed by atoms with Crippen molar-refractivity contribution in [1.82, 2.24) is 14.9 Å². The number of aliphatic hydroxyl groups is 1. The summed E-state index contributed by atoms with van der Waals surface area (Å²) in [6.07, 6.45) is 2.43. The van der Waals surface area contributed by atoms with Crippen LogP contribution in [0.15, 0.2) is 36.7 Å². The summed E-state index contributed by atoms with van der Waals surface area (Å²) in [5.41, 5.74) is 1.63. The molecule has 1 fully saturated rings. The molecule has 0 saturated carbocycles. The first-order chi connectivity index (χ1) is 12.5. The number of aliphatic carboxylic acids is 1. The molecule has 8 heteroatoms. The predicted molar refractivity (Wildman–Crippen MR) is 92.1 cm³/mol. The van der Waals surface area contributed by atoms with Crippen LogP contribution in [0.3, 0.4) is 0 Å². The number of ether oxygens (including phenoxy) is 2. The van der Waals surface area contributed by atoms with Gasteiger partial charge in [0.15, 0.2) is 0 Å². The van der Waals surface area contributed by atoms with Crippen molar-refractivity contribution in [2.75, 3.05) is 20.2 Å². The van der Waals surface area contributed by atoms with Crippen LogP contribution < -0.4 is 9.47 Å². The molecule has 0 unspecified atom stereocenters. The van der Waals surface area contributed by atoms with Crippen LogP contribution >= 0.6 is 0 Å². The number of rotatable bonds is 7. The summed E-state index contributed by atoms with van der Waals surface area (Å²) >= 11 is 0. The normalized spacial score (nSPS) is 20.1. The van der Waals surface area contributed by atoms with Gasteiger partial charge in [-0.25, -0.2) is 9.97 Å². The van der Waals surface area contributed by atoms with Gasteiger partial charge < -0.3 is 19.7 Å². The minimum Gasteiger partial charge on any atom is -0.486 e. The van der Waals surface area contributed by atoms with Crippen LogP contribution in [0, 0.1) is 0 Å². The maximum Gasteiger partial charge on any atom is 0.316 e. The Morgan fingerprint density at radius 1 is 1.19 bits per heavy atom. The average Bonchev–Trinajstić information content (AvgIpc) is 2.96. The molecular formula is C18H21N3O5. The van der Waals surface area contributed by atoms with Crippen LogP contribution in [0.1, 0.15) is 11.1 Å². The van der Waals surface area contributed by atoms with Crippen LogP contribution in [0.5, 0.6) is 11.8 Å². The third-order valence-corrected chi connectivity index (χ3v) is 4.15. The van der Waals surface area contributed by atoms with Crippen LogP contribution in [0.25, 0.3) is 0 Å². The molecule has 0 spiro atoms. The molecule has 0 bridgehead atoms. The molecule has 2 aromatic rings. The Hall–Kier alpha value is -2.71. The Bertz CT molecular complexity index is 735. The molecule has 2 atom stereocenters. The third-order valence-electron chi connectivity index (χ3n) is 4.15. The van der Waals surface area contributed by atoms with Gasteiger partial charge in [-0.1, -0.05) is 12.1 Å². The van der Waals surface area contributed by atoms with Crippen LogP contribution in [0.4, 0.5) is 0 Å². The van der Waals surface area contributed by atoms with Gasteiger partial charge in [-0.15, -0.1) is 0 Å². The van der Waals surface area contributed by atoms with E-state index >= 15 is 0 Å². The average molecular weight is 359 g/mol. The standard InChI is InChI=1S/C18H21N3O5/c1-25-18-19-7-13(8-20-18)9-21-10-15(22)16(11-21)26-14-4-2-12(3-5-14)6-17(23)24/h2-5,7-8,15-16,22H,6,9-11H2,1H3,(H,23,24)/t15-,16-/m1/s1. The molecule has 3 rings (SSSR count). The van der Waals surface area contributed by atoms with E-state index in [-0.39, 0.29) is 12.5 Å². The van der Waals surface area contributed by atoms with Crippen molar-refractivity contribution in [2.24, 2.45) is 0 Å². The van der Waals surface area contributed by atoms with Gasteiger partial charge in [0.05, 0.1) is 13.5 Å². The summed E-state index contributed by atoms with van der Waals surface area (Å²) in [5.74, 6) is -0.263. The first kappa shape index (κ1) is 18.1.